The maximum absolute atomic E-state index is 13.1. The van der Waals surface area contributed by atoms with Crippen molar-refractivity contribution in [1.82, 2.24) is 0 Å². The van der Waals surface area contributed by atoms with Crippen molar-refractivity contribution in [2.75, 3.05) is 12.0 Å². The topological polar surface area (TPSA) is 87.1 Å². The van der Waals surface area contributed by atoms with Crippen molar-refractivity contribution < 1.29 is 24.5 Å². The number of aliphatic hydroxyl groups excluding tert-OH is 1. The molecule has 0 radical (unpaired) electrons. The Hall–Kier alpha value is -4.06. The summed E-state index contributed by atoms with van der Waals surface area (Å²) >= 11 is 0. The summed E-state index contributed by atoms with van der Waals surface area (Å²) in [4.78, 5) is 27.5. The molecule has 1 heterocycles. The smallest absolute Gasteiger partial charge is 0.300 e. The van der Waals surface area contributed by atoms with Gasteiger partial charge in [0.25, 0.3) is 11.7 Å². The summed E-state index contributed by atoms with van der Waals surface area (Å²) in [6.07, 6.45) is 0. The first-order chi connectivity index (χ1) is 14.9. The number of carbonyl (C=O) groups is 2. The van der Waals surface area contributed by atoms with Crippen LogP contribution in [0.5, 0.6) is 11.5 Å². The summed E-state index contributed by atoms with van der Waals surface area (Å²) in [6, 6.07) is 19.2. The summed E-state index contributed by atoms with van der Waals surface area (Å²) in [5.41, 5.74) is 2.47. The molecule has 0 bridgehead atoms. The SMILES string of the molecule is COc1cccc(N2C(=O)C(=O)/C(=C(/O)c3ccc(C)cc3)C2c2ccc(O)cc2)c1. The number of amides is 1. The van der Waals surface area contributed by atoms with Crippen LogP contribution in [0.2, 0.25) is 0 Å². The Kier molecular flexibility index (Phi) is 5.21. The number of carbonyl (C=O) groups excluding carboxylic acids is 2. The molecule has 1 saturated heterocycles. The number of nitrogens with zero attached hydrogens (tertiary/aromatic N) is 1. The van der Waals surface area contributed by atoms with Crippen LogP contribution in [0.1, 0.15) is 22.7 Å². The second-order valence-electron chi connectivity index (χ2n) is 7.33. The highest BCUT2D eigenvalue weighted by molar-refractivity contribution is 6.51. The lowest BCUT2D eigenvalue weighted by atomic mass is 9.95. The molecule has 1 unspecified atom stereocenters. The van der Waals surface area contributed by atoms with Crippen LogP contribution >= 0.6 is 0 Å². The normalized spacial score (nSPS) is 17.7. The average Bonchev–Trinajstić information content (AvgIpc) is 3.05. The van der Waals surface area contributed by atoms with E-state index >= 15 is 0 Å². The first-order valence-electron chi connectivity index (χ1n) is 9.71. The molecule has 31 heavy (non-hydrogen) atoms. The van der Waals surface area contributed by atoms with Gasteiger partial charge in [-0.3, -0.25) is 14.5 Å². The molecule has 0 saturated carbocycles. The number of rotatable bonds is 4. The molecule has 0 spiro atoms. The first kappa shape index (κ1) is 20.2. The Morgan fingerprint density at radius 1 is 0.968 bits per heavy atom. The van der Waals surface area contributed by atoms with Crippen LogP contribution in [-0.4, -0.2) is 29.0 Å². The van der Waals surface area contributed by atoms with Gasteiger partial charge in [0.1, 0.15) is 17.3 Å². The van der Waals surface area contributed by atoms with Gasteiger partial charge in [-0.1, -0.05) is 48.0 Å². The van der Waals surface area contributed by atoms with E-state index in [0.717, 1.165) is 5.56 Å². The molecule has 1 amide bonds. The van der Waals surface area contributed by atoms with E-state index in [1.165, 1.54) is 24.1 Å². The van der Waals surface area contributed by atoms with Gasteiger partial charge in [0, 0.05) is 17.3 Å². The third kappa shape index (κ3) is 3.64. The van der Waals surface area contributed by atoms with Crippen LogP contribution in [0.25, 0.3) is 5.76 Å². The second kappa shape index (κ2) is 7.99. The van der Waals surface area contributed by atoms with Crippen molar-refractivity contribution in [2.45, 2.75) is 13.0 Å². The van der Waals surface area contributed by atoms with Gasteiger partial charge >= 0.3 is 0 Å². The van der Waals surface area contributed by atoms with Crippen LogP contribution < -0.4 is 9.64 Å². The number of methoxy groups -OCH3 is 1. The number of hydrogen-bond acceptors (Lipinski definition) is 5. The Bertz CT molecular complexity index is 1180. The van der Waals surface area contributed by atoms with Gasteiger partial charge in [0.2, 0.25) is 0 Å². The van der Waals surface area contributed by atoms with E-state index in [1.54, 1.807) is 48.5 Å². The largest absolute Gasteiger partial charge is 0.508 e. The molecule has 3 aromatic rings. The van der Waals surface area contributed by atoms with E-state index in [2.05, 4.69) is 0 Å². The molecule has 0 aliphatic carbocycles. The van der Waals surface area contributed by atoms with Gasteiger partial charge in [-0.2, -0.15) is 0 Å². The highest BCUT2D eigenvalue weighted by Gasteiger charge is 2.47. The minimum atomic E-state index is -0.867. The molecule has 0 aromatic heterocycles. The lowest BCUT2D eigenvalue weighted by molar-refractivity contribution is -0.132. The maximum Gasteiger partial charge on any atom is 0.300 e. The van der Waals surface area contributed by atoms with Gasteiger partial charge in [0.15, 0.2) is 0 Å². The van der Waals surface area contributed by atoms with Crippen molar-refractivity contribution in [3.63, 3.8) is 0 Å². The Morgan fingerprint density at radius 3 is 2.29 bits per heavy atom. The van der Waals surface area contributed by atoms with E-state index in [-0.39, 0.29) is 17.1 Å². The Morgan fingerprint density at radius 2 is 1.65 bits per heavy atom. The fourth-order valence-electron chi connectivity index (χ4n) is 3.70. The maximum atomic E-state index is 13.1. The van der Waals surface area contributed by atoms with Crippen molar-refractivity contribution in [3.8, 4) is 11.5 Å². The predicted octanol–water partition coefficient (Wildman–Crippen LogP) is 4.34. The molecule has 6 heteroatoms. The number of Topliss-reactive ketones (excluding diaryl/α,β-unsaturated/α-hetero) is 1. The van der Waals surface area contributed by atoms with E-state index < -0.39 is 17.7 Å². The summed E-state index contributed by atoms with van der Waals surface area (Å²) < 4.78 is 5.27. The summed E-state index contributed by atoms with van der Waals surface area (Å²) in [6.45, 7) is 1.92. The summed E-state index contributed by atoms with van der Waals surface area (Å²) in [5.74, 6) is -1.19. The number of phenolic OH excluding ortho intramolecular Hbond substituents is 1. The Balaban J connectivity index is 1.94. The number of ether oxygens (including phenoxy) is 1. The summed E-state index contributed by atoms with van der Waals surface area (Å²) in [7, 11) is 1.52. The standard InChI is InChI=1S/C25H21NO5/c1-15-6-8-17(9-7-15)23(28)21-22(16-10-12-19(27)13-11-16)26(25(30)24(21)29)18-4-3-5-20(14-18)31-2/h3-14,22,27-28H,1-2H3/b23-21+. The predicted molar refractivity (Wildman–Crippen MR) is 117 cm³/mol. The van der Waals surface area contributed by atoms with Crippen LogP contribution in [0.3, 0.4) is 0 Å². The highest BCUT2D eigenvalue weighted by atomic mass is 16.5. The van der Waals surface area contributed by atoms with Crippen LogP contribution in [0, 0.1) is 6.92 Å². The summed E-state index contributed by atoms with van der Waals surface area (Å²) in [5, 5.41) is 20.8. The molecule has 4 rings (SSSR count). The molecule has 1 aliphatic heterocycles. The number of aliphatic hydroxyl groups is 1. The zero-order valence-electron chi connectivity index (χ0n) is 17.1. The lowest BCUT2D eigenvalue weighted by Gasteiger charge is -2.25. The number of ketones is 1. The van der Waals surface area contributed by atoms with E-state index in [9.17, 15) is 19.8 Å². The lowest BCUT2D eigenvalue weighted by Crippen LogP contribution is -2.29. The van der Waals surface area contributed by atoms with Gasteiger partial charge in [-0.15, -0.1) is 0 Å². The number of phenols is 1. The number of aryl methyl sites for hydroxylation is 1. The number of anilines is 1. The first-order valence-corrected chi connectivity index (χ1v) is 9.71. The molecule has 6 nitrogen and oxygen atoms in total. The van der Waals surface area contributed by atoms with E-state index in [4.69, 9.17) is 4.74 Å². The van der Waals surface area contributed by atoms with Crippen LogP contribution in [0.4, 0.5) is 5.69 Å². The third-order valence-corrected chi connectivity index (χ3v) is 5.31. The molecule has 1 fully saturated rings. The number of benzene rings is 3. The van der Waals surface area contributed by atoms with Gasteiger partial charge in [-0.05, 0) is 36.8 Å². The molecule has 156 valence electrons. The minimum absolute atomic E-state index is 0.0117. The van der Waals surface area contributed by atoms with E-state index in [0.29, 0.717) is 22.6 Å². The van der Waals surface area contributed by atoms with Crippen LogP contribution in [0.15, 0.2) is 78.4 Å². The zero-order chi connectivity index (χ0) is 22.1. The Labute approximate surface area is 179 Å². The quantitative estimate of drug-likeness (QED) is 0.376. The molecule has 1 atom stereocenters. The van der Waals surface area contributed by atoms with E-state index in [1.807, 2.05) is 19.1 Å². The second-order valence-corrected chi connectivity index (χ2v) is 7.33. The van der Waals surface area contributed by atoms with Crippen molar-refractivity contribution in [1.29, 1.82) is 0 Å². The van der Waals surface area contributed by atoms with Crippen LogP contribution in [-0.2, 0) is 9.59 Å². The van der Waals surface area contributed by atoms with Crippen molar-refractivity contribution in [2.24, 2.45) is 0 Å². The zero-order valence-corrected chi connectivity index (χ0v) is 17.1. The molecular formula is C25H21NO5. The fraction of sp³-hybridized carbons (Fsp3) is 0.120. The van der Waals surface area contributed by atoms with Crippen molar-refractivity contribution in [3.05, 3.63) is 95.1 Å². The third-order valence-electron chi connectivity index (χ3n) is 5.31. The number of hydrogen-bond donors (Lipinski definition) is 2. The molecule has 2 N–H and O–H groups in total. The molecular weight excluding hydrogens is 394 g/mol. The van der Waals surface area contributed by atoms with Gasteiger partial charge < -0.3 is 14.9 Å². The van der Waals surface area contributed by atoms with Gasteiger partial charge in [0.05, 0.1) is 18.7 Å². The fourth-order valence-corrected chi connectivity index (χ4v) is 3.70. The van der Waals surface area contributed by atoms with Gasteiger partial charge in [-0.25, -0.2) is 0 Å². The van der Waals surface area contributed by atoms with Crippen molar-refractivity contribution >= 4 is 23.1 Å². The average molecular weight is 415 g/mol. The highest BCUT2D eigenvalue weighted by Crippen LogP contribution is 2.43. The molecule has 3 aromatic carbocycles. The number of aromatic hydroxyl groups is 1. The molecule has 1 aliphatic rings. The minimum Gasteiger partial charge on any atom is -0.508 e. The monoisotopic (exact) mass is 415 g/mol.